The Labute approximate surface area is 106 Å². The Bertz CT molecular complexity index is 429. The first kappa shape index (κ1) is 12.2. The predicted octanol–water partition coefficient (Wildman–Crippen LogP) is 2.88. The topological polar surface area (TPSA) is 38.3 Å². The van der Waals surface area contributed by atoms with Gasteiger partial charge in [-0.15, -0.1) is 0 Å². The van der Waals surface area contributed by atoms with E-state index in [-0.39, 0.29) is 11.9 Å². The molecule has 0 heterocycles. The van der Waals surface area contributed by atoms with Gasteiger partial charge in [-0.1, -0.05) is 11.6 Å². The molecule has 92 valence electrons. The zero-order chi connectivity index (χ0) is 12.4. The number of carbonyl (C=O) groups excluding carboxylic acids is 1. The monoisotopic (exact) mass is 253 g/mol. The molecule has 1 saturated carbocycles. The lowest BCUT2D eigenvalue weighted by Gasteiger charge is -2.14. The Hall–Kier alpha value is -1.22. The van der Waals surface area contributed by atoms with Gasteiger partial charge in [0.1, 0.15) is 5.75 Å². The van der Waals surface area contributed by atoms with Crippen LogP contribution in [0.4, 0.5) is 0 Å². The molecule has 1 N–H and O–H groups in total. The van der Waals surface area contributed by atoms with Gasteiger partial charge >= 0.3 is 0 Å². The third-order valence-electron chi connectivity index (χ3n) is 3.09. The van der Waals surface area contributed by atoms with Gasteiger partial charge < -0.3 is 10.1 Å². The van der Waals surface area contributed by atoms with Crippen LogP contribution in [0.5, 0.6) is 5.75 Å². The van der Waals surface area contributed by atoms with Crippen LogP contribution in [0, 0.1) is 5.92 Å². The Balaban J connectivity index is 2.14. The highest BCUT2D eigenvalue weighted by Gasteiger charge is 2.29. The zero-order valence-electron chi connectivity index (χ0n) is 10.00. The average molecular weight is 254 g/mol. The van der Waals surface area contributed by atoms with Crippen molar-refractivity contribution in [3.8, 4) is 5.75 Å². The summed E-state index contributed by atoms with van der Waals surface area (Å²) in [4.78, 5) is 12.1. The first-order valence-electron chi connectivity index (χ1n) is 5.76. The summed E-state index contributed by atoms with van der Waals surface area (Å²) in [5.41, 5.74) is 0.493. The molecular weight excluding hydrogens is 238 g/mol. The molecule has 1 unspecified atom stereocenters. The Morgan fingerprint density at radius 2 is 2.24 bits per heavy atom. The number of benzene rings is 1. The van der Waals surface area contributed by atoms with Crippen molar-refractivity contribution in [2.75, 3.05) is 7.11 Å². The zero-order valence-corrected chi connectivity index (χ0v) is 10.8. The second kappa shape index (κ2) is 4.96. The van der Waals surface area contributed by atoms with Crippen molar-refractivity contribution < 1.29 is 9.53 Å². The van der Waals surface area contributed by atoms with Crippen molar-refractivity contribution in [3.63, 3.8) is 0 Å². The van der Waals surface area contributed by atoms with E-state index in [0.29, 0.717) is 22.3 Å². The van der Waals surface area contributed by atoms with Crippen LogP contribution in [0.1, 0.15) is 30.1 Å². The molecular formula is C13H16ClNO2. The lowest BCUT2D eigenvalue weighted by atomic mass is 10.1. The van der Waals surface area contributed by atoms with Gasteiger partial charge in [0, 0.05) is 11.1 Å². The number of methoxy groups -OCH3 is 1. The quantitative estimate of drug-likeness (QED) is 0.896. The average Bonchev–Trinajstić information content (AvgIpc) is 3.12. The fraction of sp³-hybridized carbons (Fsp3) is 0.462. The third kappa shape index (κ3) is 2.91. The molecule has 0 aliphatic heterocycles. The second-order valence-corrected chi connectivity index (χ2v) is 4.88. The van der Waals surface area contributed by atoms with Crippen molar-refractivity contribution in [2.24, 2.45) is 5.92 Å². The summed E-state index contributed by atoms with van der Waals surface area (Å²) in [6, 6.07) is 5.27. The fourth-order valence-corrected chi connectivity index (χ4v) is 2.03. The van der Waals surface area contributed by atoms with Gasteiger partial charge in [0.15, 0.2) is 0 Å². The minimum Gasteiger partial charge on any atom is -0.496 e. The van der Waals surface area contributed by atoms with Crippen LogP contribution in [-0.4, -0.2) is 19.1 Å². The Kier molecular flexibility index (Phi) is 3.57. The molecule has 4 heteroatoms. The van der Waals surface area contributed by atoms with Gasteiger partial charge in [0.05, 0.1) is 12.7 Å². The van der Waals surface area contributed by atoms with Gasteiger partial charge in [-0.3, -0.25) is 4.79 Å². The lowest BCUT2D eigenvalue weighted by molar-refractivity contribution is 0.0933. The van der Waals surface area contributed by atoms with Crippen LogP contribution < -0.4 is 10.1 Å². The Morgan fingerprint density at radius 3 is 2.82 bits per heavy atom. The van der Waals surface area contributed by atoms with Crippen molar-refractivity contribution in [2.45, 2.75) is 25.8 Å². The van der Waals surface area contributed by atoms with Crippen LogP contribution in [0.15, 0.2) is 18.2 Å². The van der Waals surface area contributed by atoms with Gasteiger partial charge in [-0.25, -0.2) is 0 Å². The summed E-state index contributed by atoms with van der Waals surface area (Å²) in [6.45, 7) is 2.03. The maximum atomic E-state index is 12.1. The number of hydrogen-bond acceptors (Lipinski definition) is 2. The molecule has 0 radical (unpaired) electrons. The van der Waals surface area contributed by atoms with Gasteiger partial charge in [-0.05, 0) is 43.9 Å². The number of rotatable bonds is 4. The minimum absolute atomic E-state index is 0.122. The maximum absolute atomic E-state index is 12.1. The van der Waals surface area contributed by atoms with E-state index in [1.807, 2.05) is 6.92 Å². The summed E-state index contributed by atoms with van der Waals surface area (Å²) in [7, 11) is 1.55. The van der Waals surface area contributed by atoms with Gasteiger partial charge in [0.25, 0.3) is 5.91 Å². The van der Waals surface area contributed by atoms with Gasteiger partial charge in [0.2, 0.25) is 0 Å². The summed E-state index contributed by atoms with van der Waals surface area (Å²) < 4.78 is 5.16. The molecule has 0 bridgehead atoms. The molecule has 2 rings (SSSR count). The first-order valence-corrected chi connectivity index (χ1v) is 6.14. The largest absolute Gasteiger partial charge is 0.496 e. The standard InChI is InChI=1S/C13H16ClNO2/c1-8(9-3-4-9)15-13(16)11-7-10(14)5-6-12(11)17-2/h5-9H,3-4H2,1-2H3,(H,15,16). The first-order chi connectivity index (χ1) is 8.11. The van der Waals surface area contributed by atoms with E-state index >= 15 is 0 Å². The molecule has 1 atom stereocenters. The summed E-state index contributed by atoms with van der Waals surface area (Å²) in [6.07, 6.45) is 2.41. The summed E-state index contributed by atoms with van der Waals surface area (Å²) in [5, 5.41) is 3.52. The van der Waals surface area contributed by atoms with E-state index in [1.54, 1.807) is 25.3 Å². The van der Waals surface area contributed by atoms with Crippen molar-refractivity contribution in [1.29, 1.82) is 0 Å². The van der Waals surface area contributed by atoms with Crippen LogP contribution >= 0.6 is 11.6 Å². The molecule has 1 aliphatic rings. The van der Waals surface area contributed by atoms with Crippen LogP contribution in [0.3, 0.4) is 0 Å². The van der Waals surface area contributed by atoms with E-state index in [0.717, 1.165) is 0 Å². The maximum Gasteiger partial charge on any atom is 0.255 e. The minimum atomic E-state index is -0.122. The molecule has 1 amide bonds. The fourth-order valence-electron chi connectivity index (χ4n) is 1.86. The number of carbonyl (C=O) groups is 1. The molecule has 0 saturated heterocycles. The molecule has 1 aromatic carbocycles. The van der Waals surface area contributed by atoms with Crippen LogP contribution in [0.25, 0.3) is 0 Å². The smallest absolute Gasteiger partial charge is 0.255 e. The lowest BCUT2D eigenvalue weighted by Crippen LogP contribution is -2.34. The highest BCUT2D eigenvalue weighted by molar-refractivity contribution is 6.31. The van der Waals surface area contributed by atoms with E-state index < -0.39 is 0 Å². The van der Waals surface area contributed by atoms with E-state index in [2.05, 4.69) is 5.32 Å². The van der Waals surface area contributed by atoms with Crippen LogP contribution in [0.2, 0.25) is 5.02 Å². The molecule has 17 heavy (non-hydrogen) atoms. The summed E-state index contributed by atoms with van der Waals surface area (Å²) in [5.74, 6) is 1.06. The normalized spacial score (nSPS) is 16.4. The highest BCUT2D eigenvalue weighted by atomic mass is 35.5. The second-order valence-electron chi connectivity index (χ2n) is 4.44. The predicted molar refractivity (Wildman–Crippen MR) is 67.7 cm³/mol. The Morgan fingerprint density at radius 1 is 1.53 bits per heavy atom. The number of halogens is 1. The molecule has 1 aliphatic carbocycles. The molecule has 0 aromatic heterocycles. The molecule has 1 fully saturated rings. The van der Waals surface area contributed by atoms with Crippen LogP contribution in [-0.2, 0) is 0 Å². The van der Waals surface area contributed by atoms with E-state index in [4.69, 9.17) is 16.3 Å². The number of hydrogen-bond donors (Lipinski definition) is 1. The van der Waals surface area contributed by atoms with E-state index in [9.17, 15) is 4.79 Å². The molecule has 3 nitrogen and oxygen atoms in total. The molecule has 1 aromatic rings. The van der Waals surface area contributed by atoms with Crippen molar-refractivity contribution >= 4 is 17.5 Å². The van der Waals surface area contributed by atoms with E-state index in [1.165, 1.54) is 12.8 Å². The number of nitrogens with one attached hydrogen (secondary N) is 1. The number of amides is 1. The van der Waals surface area contributed by atoms with Crippen molar-refractivity contribution in [3.05, 3.63) is 28.8 Å². The SMILES string of the molecule is COc1ccc(Cl)cc1C(=O)NC(C)C1CC1. The van der Waals surface area contributed by atoms with Crippen molar-refractivity contribution in [1.82, 2.24) is 5.32 Å². The summed E-state index contributed by atoms with van der Waals surface area (Å²) >= 11 is 5.89. The van der Waals surface area contributed by atoms with Gasteiger partial charge in [-0.2, -0.15) is 0 Å². The highest BCUT2D eigenvalue weighted by Crippen LogP contribution is 2.32. The molecule has 0 spiro atoms. The third-order valence-corrected chi connectivity index (χ3v) is 3.33. The number of ether oxygens (including phenoxy) is 1.